The molecule has 0 aliphatic rings. The van der Waals surface area contributed by atoms with Gasteiger partial charge in [-0.2, -0.15) is 0 Å². The van der Waals surface area contributed by atoms with Crippen LogP contribution < -0.4 is 4.90 Å². The highest BCUT2D eigenvalue weighted by Crippen LogP contribution is 2.48. The molecule has 2 heteroatoms. The molecule has 68 heavy (non-hydrogen) atoms. The van der Waals surface area contributed by atoms with Gasteiger partial charge in [0.2, 0.25) is 0 Å². The number of aromatic nitrogens is 1. The van der Waals surface area contributed by atoms with E-state index in [1.165, 1.54) is 77.4 Å². The summed E-state index contributed by atoms with van der Waals surface area (Å²) in [6.45, 7) is 0. The molecule has 1 heterocycles. The minimum absolute atomic E-state index is 1.07. The van der Waals surface area contributed by atoms with E-state index in [0.29, 0.717) is 0 Å². The molecule has 1 aromatic heterocycles. The zero-order valence-corrected chi connectivity index (χ0v) is 37.5. The second-order valence-corrected chi connectivity index (χ2v) is 17.3. The Bertz CT molecular complexity index is 3690. The number of nitrogens with zero attached hydrogens (tertiary/aromatic N) is 2. The quantitative estimate of drug-likeness (QED) is 0.133. The van der Waals surface area contributed by atoms with Crippen molar-refractivity contribution in [3.63, 3.8) is 0 Å². The van der Waals surface area contributed by atoms with Gasteiger partial charge in [0.25, 0.3) is 0 Å². The monoisotopic (exact) mass is 866 g/mol. The van der Waals surface area contributed by atoms with Crippen LogP contribution in [-0.4, -0.2) is 4.57 Å². The first-order valence-electron chi connectivity index (χ1n) is 23.3. The first-order valence-corrected chi connectivity index (χ1v) is 23.3. The van der Waals surface area contributed by atoms with Gasteiger partial charge in [-0.1, -0.05) is 218 Å². The van der Waals surface area contributed by atoms with Crippen molar-refractivity contribution in [2.75, 3.05) is 4.90 Å². The SMILES string of the molecule is c1ccc(-c2cccc(-c3ccc(N(c4ccc(-c5ccc6c7ccccc7n(-c7ccccc7)c6c5)cc4)c4cccc(-c5ccccc5)c4-c4ccccc4-c4ccccc4)cc3)c2)cc1. The molecule has 0 atom stereocenters. The molecule has 0 bridgehead atoms. The van der Waals surface area contributed by atoms with Crippen molar-refractivity contribution in [1.29, 1.82) is 0 Å². The predicted molar refractivity (Wildman–Crippen MR) is 288 cm³/mol. The topological polar surface area (TPSA) is 8.17 Å². The molecule has 12 aromatic rings. The fourth-order valence-electron chi connectivity index (χ4n) is 9.99. The van der Waals surface area contributed by atoms with Crippen LogP contribution in [0.15, 0.2) is 279 Å². The molecule has 0 aliphatic heterocycles. The van der Waals surface area contributed by atoms with Gasteiger partial charge in [-0.25, -0.2) is 0 Å². The predicted octanol–water partition coefficient (Wildman–Crippen LogP) is 18.3. The van der Waals surface area contributed by atoms with Crippen LogP contribution in [0.5, 0.6) is 0 Å². The van der Waals surface area contributed by atoms with Crippen LogP contribution >= 0.6 is 0 Å². The van der Waals surface area contributed by atoms with Crippen LogP contribution in [0.1, 0.15) is 0 Å². The standard InChI is InChI=1S/C66H46N2/c1-5-19-47(20-6-1)52-25-17-26-53(45-52)48-35-40-56(41-36-48)67(64-34-18-32-59(51-23-9-3-10-24-51)66(64)62-31-14-13-29-58(62)50-21-7-2-8-22-50)57-42-37-49(38-43-57)54-39-44-61-60-30-15-16-33-63(60)68(65(61)46-54)55-27-11-4-12-28-55/h1-46H. The highest BCUT2D eigenvalue weighted by Gasteiger charge is 2.23. The normalized spacial score (nSPS) is 11.2. The summed E-state index contributed by atoms with van der Waals surface area (Å²) in [6.07, 6.45) is 0. The molecule has 11 aromatic carbocycles. The lowest BCUT2D eigenvalue weighted by atomic mass is 9.87. The number of benzene rings is 11. The third-order valence-electron chi connectivity index (χ3n) is 13.2. The van der Waals surface area contributed by atoms with Gasteiger partial charge in [-0.3, -0.25) is 0 Å². The number of rotatable bonds is 10. The summed E-state index contributed by atoms with van der Waals surface area (Å²) < 4.78 is 2.39. The van der Waals surface area contributed by atoms with E-state index in [9.17, 15) is 0 Å². The second kappa shape index (κ2) is 17.8. The fourth-order valence-corrected chi connectivity index (χ4v) is 9.99. The molecule has 0 aliphatic carbocycles. The van der Waals surface area contributed by atoms with Crippen LogP contribution in [0.4, 0.5) is 17.1 Å². The number of anilines is 3. The lowest BCUT2D eigenvalue weighted by Gasteiger charge is -2.30. The zero-order valence-electron chi connectivity index (χ0n) is 37.5. The average molecular weight is 867 g/mol. The Morgan fingerprint density at radius 1 is 0.250 bits per heavy atom. The molecule has 0 fully saturated rings. The van der Waals surface area contributed by atoms with Crippen LogP contribution in [0.2, 0.25) is 0 Å². The van der Waals surface area contributed by atoms with E-state index in [4.69, 9.17) is 0 Å². The molecule has 0 N–H and O–H groups in total. The Morgan fingerprint density at radius 2 is 0.676 bits per heavy atom. The van der Waals surface area contributed by atoms with Crippen molar-refractivity contribution in [3.05, 3.63) is 279 Å². The number of fused-ring (bicyclic) bond motifs is 3. The third kappa shape index (κ3) is 7.54. The summed E-state index contributed by atoms with van der Waals surface area (Å²) in [5.74, 6) is 0. The molecule has 2 nitrogen and oxygen atoms in total. The maximum absolute atomic E-state index is 2.44. The average Bonchev–Trinajstić information content (AvgIpc) is 3.76. The summed E-state index contributed by atoms with van der Waals surface area (Å²) in [4.78, 5) is 2.44. The van der Waals surface area contributed by atoms with Crippen molar-refractivity contribution < 1.29 is 0 Å². The van der Waals surface area contributed by atoms with E-state index >= 15 is 0 Å². The highest BCUT2D eigenvalue weighted by molar-refractivity contribution is 6.10. The minimum atomic E-state index is 1.07. The molecule has 0 saturated carbocycles. The maximum Gasteiger partial charge on any atom is 0.0547 e. The van der Waals surface area contributed by atoms with E-state index in [1.807, 2.05) is 0 Å². The largest absolute Gasteiger partial charge is 0.310 e. The lowest BCUT2D eigenvalue weighted by Crippen LogP contribution is -2.12. The first-order chi connectivity index (χ1) is 33.7. The molecule has 320 valence electrons. The molecule has 0 radical (unpaired) electrons. The molecular weight excluding hydrogens is 821 g/mol. The minimum Gasteiger partial charge on any atom is -0.310 e. The van der Waals surface area contributed by atoms with E-state index in [1.54, 1.807) is 0 Å². The summed E-state index contributed by atoms with van der Waals surface area (Å²) in [5, 5.41) is 2.49. The number of para-hydroxylation sites is 2. The van der Waals surface area contributed by atoms with Crippen LogP contribution in [-0.2, 0) is 0 Å². The number of hydrogen-bond acceptors (Lipinski definition) is 1. The van der Waals surface area contributed by atoms with Crippen LogP contribution in [0.25, 0.3) is 94.3 Å². The van der Waals surface area contributed by atoms with Gasteiger partial charge in [0.05, 0.1) is 16.7 Å². The molecule has 0 spiro atoms. The van der Waals surface area contributed by atoms with Crippen molar-refractivity contribution in [1.82, 2.24) is 4.57 Å². The third-order valence-corrected chi connectivity index (χ3v) is 13.2. The highest BCUT2D eigenvalue weighted by atomic mass is 15.1. The van der Waals surface area contributed by atoms with Crippen LogP contribution in [0.3, 0.4) is 0 Å². The lowest BCUT2D eigenvalue weighted by molar-refractivity contribution is 1.18. The van der Waals surface area contributed by atoms with Gasteiger partial charge in [0.15, 0.2) is 0 Å². The summed E-state index contributed by atoms with van der Waals surface area (Å²) in [5.41, 5.74) is 20.9. The van der Waals surface area contributed by atoms with Crippen molar-refractivity contribution in [2.24, 2.45) is 0 Å². The van der Waals surface area contributed by atoms with E-state index in [-0.39, 0.29) is 0 Å². The smallest absolute Gasteiger partial charge is 0.0547 e. The maximum atomic E-state index is 2.44. The van der Waals surface area contributed by atoms with Gasteiger partial charge in [-0.15, -0.1) is 0 Å². The van der Waals surface area contributed by atoms with E-state index in [0.717, 1.165) is 33.9 Å². The summed E-state index contributed by atoms with van der Waals surface area (Å²) in [6, 6.07) is 101. The second-order valence-electron chi connectivity index (χ2n) is 17.3. The Balaban J connectivity index is 1.03. The van der Waals surface area contributed by atoms with Gasteiger partial charge in [0.1, 0.15) is 0 Å². The van der Waals surface area contributed by atoms with Gasteiger partial charge in [-0.05, 0) is 122 Å². The molecule has 12 rings (SSSR count). The van der Waals surface area contributed by atoms with Gasteiger partial charge < -0.3 is 9.47 Å². The summed E-state index contributed by atoms with van der Waals surface area (Å²) >= 11 is 0. The Morgan fingerprint density at radius 3 is 1.31 bits per heavy atom. The van der Waals surface area contributed by atoms with Gasteiger partial charge >= 0.3 is 0 Å². The van der Waals surface area contributed by atoms with Crippen molar-refractivity contribution in [2.45, 2.75) is 0 Å². The van der Waals surface area contributed by atoms with Gasteiger partial charge in [0, 0.05) is 33.4 Å². The van der Waals surface area contributed by atoms with Crippen molar-refractivity contribution >= 4 is 38.9 Å². The molecular formula is C66H46N2. The Kier molecular flexibility index (Phi) is 10.6. The van der Waals surface area contributed by atoms with E-state index < -0.39 is 0 Å². The number of hydrogen-bond donors (Lipinski definition) is 0. The summed E-state index contributed by atoms with van der Waals surface area (Å²) in [7, 11) is 0. The van der Waals surface area contributed by atoms with E-state index in [2.05, 4.69) is 289 Å². The first kappa shape index (κ1) is 40.5. The molecule has 0 saturated heterocycles. The Labute approximate surface area is 397 Å². The van der Waals surface area contributed by atoms with Crippen molar-refractivity contribution in [3.8, 4) is 72.4 Å². The van der Waals surface area contributed by atoms with Crippen LogP contribution in [0, 0.1) is 0 Å². The Hall–Kier alpha value is -8.98. The molecule has 0 amide bonds. The zero-order chi connectivity index (χ0) is 45.2. The molecule has 0 unspecified atom stereocenters. The fraction of sp³-hybridized carbons (Fsp3) is 0.